The van der Waals surface area contributed by atoms with Crippen LogP contribution in [0.15, 0.2) is 89.4 Å². The van der Waals surface area contributed by atoms with Crippen molar-refractivity contribution in [3.8, 4) is 22.4 Å². The molecule has 3 nitrogen and oxygen atoms in total. The number of ketones is 1. The highest BCUT2D eigenvalue weighted by molar-refractivity contribution is 9.10. The number of nitrogens with one attached hydrogen (secondary N) is 1. The summed E-state index contributed by atoms with van der Waals surface area (Å²) < 4.78 is 1.00. The third-order valence-corrected chi connectivity index (χ3v) is 4.74. The highest BCUT2D eigenvalue weighted by Crippen LogP contribution is 2.34. The van der Waals surface area contributed by atoms with Crippen molar-refractivity contribution in [3.63, 3.8) is 0 Å². The van der Waals surface area contributed by atoms with Gasteiger partial charge in [-0.2, -0.15) is 5.10 Å². The molecule has 0 atom stereocenters. The zero-order valence-electron chi connectivity index (χ0n) is 13.8. The van der Waals surface area contributed by atoms with Crippen molar-refractivity contribution in [2.45, 2.75) is 0 Å². The topological polar surface area (TPSA) is 45.8 Å². The zero-order valence-corrected chi connectivity index (χ0v) is 15.4. The van der Waals surface area contributed by atoms with E-state index in [2.05, 4.69) is 26.1 Å². The van der Waals surface area contributed by atoms with Crippen LogP contribution in [0.3, 0.4) is 0 Å². The predicted molar refractivity (Wildman–Crippen MR) is 107 cm³/mol. The summed E-state index contributed by atoms with van der Waals surface area (Å²) in [5, 5.41) is 7.45. The molecule has 0 spiro atoms. The second kappa shape index (κ2) is 7.10. The molecule has 4 heteroatoms. The zero-order chi connectivity index (χ0) is 17.9. The van der Waals surface area contributed by atoms with E-state index in [1.54, 1.807) is 0 Å². The van der Waals surface area contributed by atoms with Crippen LogP contribution in [-0.4, -0.2) is 16.0 Å². The molecule has 0 saturated carbocycles. The molecule has 126 valence electrons. The van der Waals surface area contributed by atoms with E-state index < -0.39 is 0 Å². The molecule has 4 aromatic rings. The molecule has 0 saturated heterocycles. The number of aromatic nitrogens is 2. The van der Waals surface area contributed by atoms with Crippen LogP contribution in [-0.2, 0) is 0 Å². The SMILES string of the molecule is O=C(c1ccccc1)c1n[nH]c(-c2ccc(Br)cc2)c1-c1ccccc1. The molecule has 0 aliphatic rings. The lowest BCUT2D eigenvalue weighted by atomic mass is 9.95. The van der Waals surface area contributed by atoms with Crippen molar-refractivity contribution < 1.29 is 4.79 Å². The van der Waals surface area contributed by atoms with Gasteiger partial charge in [0.2, 0.25) is 5.78 Å². The fraction of sp³-hybridized carbons (Fsp3) is 0. The molecule has 0 unspecified atom stereocenters. The molecule has 1 N–H and O–H groups in total. The fourth-order valence-corrected chi connectivity index (χ4v) is 3.21. The molecule has 1 aromatic heterocycles. The summed E-state index contributed by atoms with van der Waals surface area (Å²) in [6.45, 7) is 0. The van der Waals surface area contributed by atoms with Gasteiger partial charge in [-0.15, -0.1) is 0 Å². The number of nitrogens with zero attached hydrogens (tertiary/aromatic N) is 1. The molecule has 0 fully saturated rings. The van der Waals surface area contributed by atoms with Gasteiger partial charge >= 0.3 is 0 Å². The van der Waals surface area contributed by atoms with E-state index in [0.717, 1.165) is 26.9 Å². The smallest absolute Gasteiger partial charge is 0.213 e. The molecule has 26 heavy (non-hydrogen) atoms. The third-order valence-electron chi connectivity index (χ3n) is 4.21. The number of halogens is 1. The Hall–Kier alpha value is -2.98. The van der Waals surface area contributed by atoms with Crippen molar-refractivity contribution in [3.05, 3.63) is 101 Å². The van der Waals surface area contributed by atoms with Crippen molar-refractivity contribution in [1.29, 1.82) is 0 Å². The van der Waals surface area contributed by atoms with Gasteiger partial charge in [-0.1, -0.05) is 88.7 Å². The highest BCUT2D eigenvalue weighted by Gasteiger charge is 2.22. The van der Waals surface area contributed by atoms with E-state index in [1.807, 2.05) is 84.9 Å². The number of rotatable bonds is 4. The first-order valence-corrected chi connectivity index (χ1v) is 9.03. The van der Waals surface area contributed by atoms with Crippen LogP contribution in [0.25, 0.3) is 22.4 Å². The normalized spacial score (nSPS) is 10.7. The number of H-pyrrole nitrogens is 1. The van der Waals surface area contributed by atoms with E-state index >= 15 is 0 Å². The Morgan fingerprint density at radius 1 is 0.769 bits per heavy atom. The first-order chi connectivity index (χ1) is 12.7. The van der Waals surface area contributed by atoms with Gasteiger partial charge in [0.15, 0.2) is 0 Å². The Labute approximate surface area is 159 Å². The third kappa shape index (κ3) is 3.11. The Morgan fingerprint density at radius 2 is 1.38 bits per heavy atom. The molecular weight excluding hydrogens is 388 g/mol. The maximum atomic E-state index is 13.0. The highest BCUT2D eigenvalue weighted by atomic mass is 79.9. The summed E-state index contributed by atoms with van der Waals surface area (Å²) >= 11 is 3.46. The summed E-state index contributed by atoms with van der Waals surface area (Å²) in [6, 6.07) is 27.1. The molecular formula is C22H15BrN2O. The summed E-state index contributed by atoms with van der Waals surface area (Å²) in [5.41, 5.74) is 4.65. The van der Waals surface area contributed by atoms with Crippen LogP contribution in [0.1, 0.15) is 16.1 Å². The van der Waals surface area contributed by atoms with Gasteiger partial charge in [0.05, 0.1) is 5.69 Å². The fourth-order valence-electron chi connectivity index (χ4n) is 2.94. The minimum atomic E-state index is -0.0935. The van der Waals surface area contributed by atoms with Gasteiger partial charge in [-0.25, -0.2) is 0 Å². The van der Waals surface area contributed by atoms with Crippen molar-refractivity contribution in [2.24, 2.45) is 0 Å². The minimum Gasteiger partial charge on any atom is -0.287 e. The summed E-state index contributed by atoms with van der Waals surface area (Å²) in [7, 11) is 0. The number of carbonyl (C=O) groups excluding carboxylic acids is 1. The van der Waals surface area contributed by atoms with E-state index in [0.29, 0.717) is 11.3 Å². The van der Waals surface area contributed by atoms with Crippen LogP contribution >= 0.6 is 15.9 Å². The first kappa shape index (κ1) is 16.5. The van der Waals surface area contributed by atoms with Crippen molar-refractivity contribution in [2.75, 3.05) is 0 Å². The van der Waals surface area contributed by atoms with Crippen LogP contribution in [0.2, 0.25) is 0 Å². The van der Waals surface area contributed by atoms with Crippen molar-refractivity contribution >= 4 is 21.7 Å². The predicted octanol–water partition coefficient (Wildman–Crippen LogP) is 5.74. The largest absolute Gasteiger partial charge is 0.287 e. The van der Waals surface area contributed by atoms with E-state index in [-0.39, 0.29) is 5.78 Å². The summed E-state index contributed by atoms with van der Waals surface area (Å²) in [4.78, 5) is 13.0. The quantitative estimate of drug-likeness (QED) is 0.442. The number of hydrogen-bond acceptors (Lipinski definition) is 2. The number of carbonyl (C=O) groups is 1. The van der Waals surface area contributed by atoms with Gasteiger partial charge in [0, 0.05) is 21.2 Å². The van der Waals surface area contributed by atoms with Gasteiger partial charge in [0.25, 0.3) is 0 Å². The molecule has 0 amide bonds. The number of aromatic amines is 1. The lowest BCUT2D eigenvalue weighted by molar-refractivity contribution is 0.103. The maximum absolute atomic E-state index is 13.0. The lowest BCUT2D eigenvalue weighted by Crippen LogP contribution is -2.03. The molecule has 1 heterocycles. The van der Waals surface area contributed by atoms with E-state index in [4.69, 9.17) is 0 Å². The average molecular weight is 403 g/mol. The summed E-state index contributed by atoms with van der Waals surface area (Å²) in [5.74, 6) is -0.0935. The second-order valence-electron chi connectivity index (χ2n) is 5.89. The standard InChI is InChI=1S/C22H15BrN2O/c23-18-13-11-16(12-14-18)20-19(15-7-3-1-4-8-15)21(25-24-20)22(26)17-9-5-2-6-10-17/h1-14H,(H,24,25). The van der Waals surface area contributed by atoms with Crippen molar-refractivity contribution in [1.82, 2.24) is 10.2 Å². The second-order valence-corrected chi connectivity index (χ2v) is 6.81. The molecule has 0 aliphatic carbocycles. The Kier molecular flexibility index (Phi) is 4.50. The minimum absolute atomic E-state index is 0.0935. The Bertz CT molecular complexity index is 1040. The van der Waals surface area contributed by atoms with Crippen LogP contribution < -0.4 is 0 Å². The first-order valence-electron chi connectivity index (χ1n) is 8.23. The Balaban J connectivity index is 1.90. The number of benzene rings is 3. The van der Waals surface area contributed by atoms with Gasteiger partial charge in [0.1, 0.15) is 5.69 Å². The van der Waals surface area contributed by atoms with E-state index in [1.165, 1.54) is 0 Å². The Morgan fingerprint density at radius 3 is 2.04 bits per heavy atom. The van der Waals surface area contributed by atoms with Crippen LogP contribution in [0.5, 0.6) is 0 Å². The molecule has 0 bridgehead atoms. The van der Waals surface area contributed by atoms with Crippen LogP contribution in [0, 0.1) is 0 Å². The van der Waals surface area contributed by atoms with Gasteiger partial charge in [-0.05, 0) is 17.7 Å². The van der Waals surface area contributed by atoms with Crippen LogP contribution in [0.4, 0.5) is 0 Å². The molecule has 4 rings (SSSR count). The maximum Gasteiger partial charge on any atom is 0.213 e. The van der Waals surface area contributed by atoms with Gasteiger partial charge < -0.3 is 0 Å². The van der Waals surface area contributed by atoms with E-state index in [9.17, 15) is 4.79 Å². The number of hydrogen-bond donors (Lipinski definition) is 1. The van der Waals surface area contributed by atoms with Gasteiger partial charge in [-0.3, -0.25) is 9.89 Å². The molecule has 0 aliphatic heterocycles. The summed E-state index contributed by atoms with van der Waals surface area (Å²) in [6.07, 6.45) is 0. The monoisotopic (exact) mass is 402 g/mol. The molecule has 3 aromatic carbocycles. The molecule has 0 radical (unpaired) electrons. The average Bonchev–Trinajstić information content (AvgIpc) is 3.14. The lowest BCUT2D eigenvalue weighted by Gasteiger charge is -2.07.